The topological polar surface area (TPSA) is 239 Å². The van der Waals surface area contributed by atoms with Gasteiger partial charge in [0.2, 0.25) is 23.6 Å². The Morgan fingerprint density at radius 3 is 1.54 bits per heavy atom. The summed E-state index contributed by atoms with van der Waals surface area (Å²) >= 11 is 0. The summed E-state index contributed by atoms with van der Waals surface area (Å²) in [6, 6.07) is -4.15. The predicted octanol–water partition coefficient (Wildman–Crippen LogP) is -2.89. The predicted molar refractivity (Wildman–Crippen MR) is 99.0 cm³/mol. The number of carbonyl (C=O) groups excluding carboxylic acids is 4. The standard InChI is InChI=1S/C16H30N6O6/c17-8-2-1-3-11(16(27)28)22(14(25)9(18)4-6-12(20)23)15(26)10(19)5-7-13(21)24/h9-11H,1-8,17-19H2,(H2,20,23)(H2,21,24)(H,27,28)/t9-,10-,11-/m0/s1. The lowest BCUT2D eigenvalue weighted by Gasteiger charge is -2.31. The molecular weight excluding hydrogens is 372 g/mol. The molecular formula is C16H30N6O6. The molecule has 3 atom stereocenters. The maximum absolute atomic E-state index is 12.7. The molecule has 0 rings (SSSR count). The smallest absolute Gasteiger partial charge is 0.326 e. The van der Waals surface area contributed by atoms with Gasteiger partial charge < -0.3 is 33.8 Å². The van der Waals surface area contributed by atoms with Crippen LogP contribution >= 0.6 is 0 Å². The number of hydrogen-bond donors (Lipinski definition) is 6. The number of imide groups is 1. The van der Waals surface area contributed by atoms with Gasteiger partial charge in [-0.25, -0.2) is 4.79 Å². The van der Waals surface area contributed by atoms with Crippen LogP contribution in [0.25, 0.3) is 0 Å². The van der Waals surface area contributed by atoms with E-state index in [9.17, 15) is 29.1 Å². The van der Waals surface area contributed by atoms with E-state index in [2.05, 4.69) is 0 Å². The highest BCUT2D eigenvalue weighted by Crippen LogP contribution is 2.15. The lowest BCUT2D eigenvalue weighted by atomic mass is 10.0. The van der Waals surface area contributed by atoms with Crippen LogP contribution in [-0.4, -0.2) is 64.3 Å². The molecule has 160 valence electrons. The number of carboxylic acid groups (broad SMARTS) is 1. The summed E-state index contributed by atoms with van der Waals surface area (Å²) in [5.74, 6) is -4.78. The molecule has 0 bridgehead atoms. The molecule has 0 unspecified atom stereocenters. The Labute approximate surface area is 162 Å². The van der Waals surface area contributed by atoms with Gasteiger partial charge in [-0.15, -0.1) is 0 Å². The van der Waals surface area contributed by atoms with E-state index in [1.807, 2.05) is 0 Å². The second-order valence-corrected chi connectivity index (χ2v) is 6.41. The van der Waals surface area contributed by atoms with Gasteiger partial charge in [-0.3, -0.25) is 24.1 Å². The van der Waals surface area contributed by atoms with Crippen molar-refractivity contribution in [3.8, 4) is 0 Å². The minimum Gasteiger partial charge on any atom is -0.480 e. The third-order valence-electron chi connectivity index (χ3n) is 4.04. The van der Waals surface area contributed by atoms with Crippen molar-refractivity contribution in [2.75, 3.05) is 6.54 Å². The minimum absolute atomic E-state index is 0.0465. The third-order valence-corrected chi connectivity index (χ3v) is 4.04. The Morgan fingerprint density at radius 2 is 1.21 bits per heavy atom. The number of nitrogens with two attached hydrogens (primary N) is 5. The number of rotatable bonds is 14. The molecule has 0 aromatic rings. The van der Waals surface area contributed by atoms with Crippen molar-refractivity contribution in [2.24, 2.45) is 28.7 Å². The molecule has 0 saturated heterocycles. The van der Waals surface area contributed by atoms with Gasteiger partial charge in [0.1, 0.15) is 6.04 Å². The molecule has 0 aliphatic rings. The number of primary amides is 2. The first-order valence-corrected chi connectivity index (χ1v) is 8.90. The average Bonchev–Trinajstić information content (AvgIpc) is 2.62. The van der Waals surface area contributed by atoms with Crippen LogP contribution in [0.2, 0.25) is 0 Å². The largest absolute Gasteiger partial charge is 0.480 e. The maximum Gasteiger partial charge on any atom is 0.326 e. The van der Waals surface area contributed by atoms with E-state index in [0.29, 0.717) is 24.3 Å². The molecule has 4 amide bonds. The van der Waals surface area contributed by atoms with Gasteiger partial charge in [-0.2, -0.15) is 0 Å². The zero-order valence-corrected chi connectivity index (χ0v) is 15.7. The van der Waals surface area contributed by atoms with Crippen LogP contribution in [0.3, 0.4) is 0 Å². The summed E-state index contributed by atoms with van der Waals surface area (Å²) in [4.78, 5) is 59.5. The molecule has 11 N–H and O–H groups in total. The normalized spacial score (nSPS) is 14.0. The van der Waals surface area contributed by atoms with E-state index in [0.717, 1.165) is 0 Å². The summed E-state index contributed by atoms with van der Waals surface area (Å²) in [6.07, 6.45) is 0.0303. The van der Waals surface area contributed by atoms with E-state index in [1.165, 1.54) is 0 Å². The first kappa shape index (κ1) is 25.4. The molecule has 0 radical (unpaired) electrons. The van der Waals surface area contributed by atoms with Gasteiger partial charge in [-0.05, 0) is 38.6 Å². The monoisotopic (exact) mass is 402 g/mol. The zero-order valence-electron chi connectivity index (χ0n) is 15.7. The van der Waals surface area contributed by atoms with E-state index in [4.69, 9.17) is 28.7 Å². The van der Waals surface area contributed by atoms with Crippen LogP contribution in [0.4, 0.5) is 0 Å². The van der Waals surface area contributed by atoms with Gasteiger partial charge in [0.15, 0.2) is 0 Å². The molecule has 0 aromatic carbocycles. The molecule has 0 saturated carbocycles. The number of aliphatic carboxylic acids is 1. The highest BCUT2D eigenvalue weighted by atomic mass is 16.4. The van der Waals surface area contributed by atoms with Crippen LogP contribution in [-0.2, 0) is 24.0 Å². The number of carboxylic acids is 1. The molecule has 12 heteroatoms. The zero-order chi connectivity index (χ0) is 21.9. The van der Waals surface area contributed by atoms with Crippen molar-refractivity contribution in [1.82, 2.24) is 4.90 Å². The summed E-state index contributed by atoms with van der Waals surface area (Å²) < 4.78 is 0. The molecule has 0 heterocycles. The summed E-state index contributed by atoms with van der Waals surface area (Å²) in [7, 11) is 0. The van der Waals surface area contributed by atoms with Gasteiger partial charge in [0.05, 0.1) is 12.1 Å². The molecule has 28 heavy (non-hydrogen) atoms. The fraction of sp³-hybridized carbons (Fsp3) is 0.688. The minimum atomic E-state index is -1.51. The fourth-order valence-electron chi connectivity index (χ4n) is 2.46. The van der Waals surface area contributed by atoms with Crippen LogP contribution in [0.5, 0.6) is 0 Å². The van der Waals surface area contributed by atoms with Crippen molar-refractivity contribution < 1.29 is 29.1 Å². The van der Waals surface area contributed by atoms with Crippen molar-refractivity contribution in [1.29, 1.82) is 0 Å². The van der Waals surface area contributed by atoms with Crippen LogP contribution in [0.1, 0.15) is 44.9 Å². The van der Waals surface area contributed by atoms with Crippen molar-refractivity contribution >= 4 is 29.6 Å². The lowest BCUT2D eigenvalue weighted by Crippen LogP contribution is -2.58. The van der Waals surface area contributed by atoms with Gasteiger partial charge in [0.25, 0.3) is 0 Å². The SMILES string of the molecule is NCCCC[C@@H](C(=O)O)N(C(=O)[C@@H](N)CCC(N)=O)C(=O)[C@@H](N)CCC(N)=O. The first-order chi connectivity index (χ1) is 13.0. The molecule has 0 aliphatic carbocycles. The van der Waals surface area contributed by atoms with Crippen molar-refractivity contribution in [2.45, 2.75) is 63.1 Å². The molecule has 0 aromatic heterocycles. The van der Waals surface area contributed by atoms with E-state index in [-0.39, 0.29) is 32.1 Å². The quantitative estimate of drug-likeness (QED) is 0.163. The maximum atomic E-state index is 12.7. The molecule has 0 fully saturated rings. The molecule has 0 aliphatic heterocycles. The van der Waals surface area contributed by atoms with Gasteiger partial charge in [0, 0.05) is 12.8 Å². The highest BCUT2D eigenvalue weighted by Gasteiger charge is 2.38. The van der Waals surface area contributed by atoms with E-state index >= 15 is 0 Å². The number of unbranched alkanes of at least 4 members (excludes halogenated alkanes) is 1. The Hall–Kier alpha value is -2.57. The summed E-state index contributed by atoms with van der Waals surface area (Å²) in [6.45, 7) is 0.310. The van der Waals surface area contributed by atoms with E-state index in [1.54, 1.807) is 0 Å². The molecule has 12 nitrogen and oxygen atoms in total. The second kappa shape index (κ2) is 12.8. The third kappa shape index (κ3) is 8.88. The van der Waals surface area contributed by atoms with Crippen molar-refractivity contribution in [3.63, 3.8) is 0 Å². The Kier molecular flexibility index (Phi) is 11.6. The number of amides is 4. The number of nitrogens with zero attached hydrogens (tertiary/aromatic N) is 1. The van der Waals surface area contributed by atoms with Crippen molar-refractivity contribution in [3.05, 3.63) is 0 Å². The average molecular weight is 402 g/mol. The van der Waals surface area contributed by atoms with Crippen LogP contribution in [0.15, 0.2) is 0 Å². The van der Waals surface area contributed by atoms with Gasteiger partial charge >= 0.3 is 5.97 Å². The lowest BCUT2D eigenvalue weighted by molar-refractivity contribution is -0.159. The van der Waals surface area contributed by atoms with Crippen LogP contribution < -0.4 is 28.7 Å². The Bertz CT molecular complexity index is 548. The first-order valence-electron chi connectivity index (χ1n) is 8.90. The Morgan fingerprint density at radius 1 is 0.786 bits per heavy atom. The number of carbonyl (C=O) groups is 5. The second-order valence-electron chi connectivity index (χ2n) is 6.41. The molecule has 0 spiro atoms. The fourth-order valence-corrected chi connectivity index (χ4v) is 2.46. The van der Waals surface area contributed by atoms with E-state index < -0.39 is 47.7 Å². The Balaban J connectivity index is 5.61. The highest BCUT2D eigenvalue weighted by molar-refractivity contribution is 6.03. The van der Waals surface area contributed by atoms with Crippen LogP contribution in [0, 0.1) is 0 Å². The number of hydrogen-bond acceptors (Lipinski definition) is 8. The van der Waals surface area contributed by atoms with Gasteiger partial charge in [-0.1, -0.05) is 0 Å². The summed E-state index contributed by atoms with van der Waals surface area (Å²) in [5, 5.41) is 9.53. The summed E-state index contributed by atoms with van der Waals surface area (Å²) in [5.41, 5.74) is 26.9.